The van der Waals surface area contributed by atoms with E-state index in [2.05, 4.69) is 31.1 Å². The summed E-state index contributed by atoms with van der Waals surface area (Å²) >= 11 is 3.31. The maximum absolute atomic E-state index is 13.6. The van der Waals surface area contributed by atoms with Gasteiger partial charge in [0, 0.05) is 27.9 Å². The molecule has 7 heteroatoms. The average molecular weight is 451 g/mol. The van der Waals surface area contributed by atoms with E-state index < -0.39 is 0 Å². The highest BCUT2D eigenvalue weighted by molar-refractivity contribution is 7.99. The number of carbonyl (C=O) groups excluding carboxylic acids is 1. The number of benzene rings is 2. The molecule has 1 amide bonds. The van der Waals surface area contributed by atoms with E-state index in [0.29, 0.717) is 23.9 Å². The second-order valence-corrected chi connectivity index (χ2v) is 10.4. The number of thioether (sulfide) groups is 1. The summed E-state index contributed by atoms with van der Waals surface area (Å²) in [5.41, 5.74) is 3.66. The first-order chi connectivity index (χ1) is 14.9. The number of nitrogens with zero attached hydrogens (tertiary/aromatic N) is 4. The minimum Gasteiger partial charge on any atom is -0.282 e. The number of hydrogen-bond donors (Lipinski definition) is 0. The highest BCUT2D eigenvalue weighted by Crippen LogP contribution is 2.30. The van der Waals surface area contributed by atoms with Crippen molar-refractivity contribution in [1.29, 1.82) is 0 Å². The highest BCUT2D eigenvalue weighted by atomic mass is 32.2. The molecule has 0 aliphatic carbocycles. The Kier molecular flexibility index (Phi) is 6.43. The third kappa shape index (κ3) is 4.99. The zero-order valence-corrected chi connectivity index (χ0v) is 19.8. The molecule has 0 fully saturated rings. The number of rotatable bonds is 7. The van der Waals surface area contributed by atoms with Gasteiger partial charge in [0.25, 0.3) is 5.91 Å². The first kappa shape index (κ1) is 21.6. The van der Waals surface area contributed by atoms with Crippen LogP contribution in [-0.4, -0.2) is 32.5 Å². The van der Waals surface area contributed by atoms with Crippen molar-refractivity contribution < 1.29 is 4.79 Å². The third-order valence-electron chi connectivity index (χ3n) is 4.85. The third-order valence-corrected chi connectivity index (χ3v) is 6.91. The quantitative estimate of drug-likeness (QED) is 0.326. The molecule has 4 aromatic rings. The number of anilines is 1. The molecule has 5 nitrogen and oxygen atoms in total. The molecule has 0 radical (unpaired) electrons. The minimum absolute atomic E-state index is 0.0354. The van der Waals surface area contributed by atoms with Crippen molar-refractivity contribution in [3.63, 3.8) is 0 Å². The van der Waals surface area contributed by atoms with Gasteiger partial charge < -0.3 is 0 Å². The molecule has 0 N–H and O–H groups in total. The van der Waals surface area contributed by atoms with Gasteiger partial charge in [-0.05, 0) is 50.2 Å². The van der Waals surface area contributed by atoms with E-state index >= 15 is 0 Å². The molecule has 0 atom stereocenters. The van der Waals surface area contributed by atoms with E-state index in [1.807, 2.05) is 61.0 Å². The number of aryl methyl sites for hydroxylation is 2. The van der Waals surface area contributed by atoms with Crippen LogP contribution in [0.2, 0.25) is 0 Å². The van der Waals surface area contributed by atoms with Gasteiger partial charge in [0.2, 0.25) is 0 Å². The van der Waals surface area contributed by atoms with Gasteiger partial charge in [0.05, 0.1) is 22.5 Å². The van der Waals surface area contributed by atoms with Crippen LogP contribution in [0.5, 0.6) is 0 Å². The highest BCUT2D eigenvalue weighted by Gasteiger charge is 2.22. The van der Waals surface area contributed by atoms with Crippen molar-refractivity contribution in [2.45, 2.75) is 44.4 Å². The molecule has 0 bridgehead atoms. The van der Waals surface area contributed by atoms with Crippen molar-refractivity contribution in [2.24, 2.45) is 0 Å². The van der Waals surface area contributed by atoms with Gasteiger partial charge in [-0.2, -0.15) is 5.10 Å². The van der Waals surface area contributed by atoms with E-state index in [9.17, 15) is 4.79 Å². The van der Waals surface area contributed by atoms with Crippen LogP contribution in [0.3, 0.4) is 0 Å². The Morgan fingerprint density at radius 1 is 1.13 bits per heavy atom. The molecule has 160 valence electrons. The van der Waals surface area contributed by atoms with Crippen LogP contribution in [0.25, 0.3) is 10.2 Å². The number of carbonyl (C=O) groups is 1. The fraction of sp³-hybridized carbons (Fsp3) is 0.292. The standard InChI is InChI=1S/C24H26N4OS2/c1-16(2)30-20-9-7-8-19(15-20)23(29)27(12-13-28-18(4)14-17(3)26-28)24-25-21-10-5-6-11-22(21)31-24/h5-11,14-16H,12-13H2,1-4H3. The molecule has 2 aromatic carbocycles. The molecule has 0 aliphatic rings. The zero-order valence-electron chi connectivity index (χ0n) is 18.2. The molecular weight excluding hydrogens is 424 g/mol. The van der Waals surface area contributed by atoms with Crippen LogP contribution in [0.4, 0.5) is 5.13 Å². The monoisotopic (exact) mass is 450 g/mol. The summed E-state index contributed by atoms with van der Waals surface area (Å²) < 4.78 is 3.03. The van der Waals surface area contributed by atoms with Gasteiger partial charge in [-0.1, -0.05) is 43.4 Å². The van der Waals surface area contributed by atoms with Gasteiger partial charge in [-0.3, -0.25) is 14.4 Å². The Morgan fingerprint density at radius 3 is 2.65 bits per heavy atom. The maximum Gasteiger partial charge on any atom is 0.260 e. The molecule has 2 aromatic heterocycles. The predicted octanol–water partition coefficient (Wildman–Crippen LogP) is 5.96. The maximum atomic E-state index is 13.6. The number of hydrogen-bond acceptors (Lipinski definition) is 5. The molecule has 2 heterocycles. The van der Waals surface area contributed by atoms with Crippen molar-refractivity contribution >= 4 is 44.4 Å². The lowest BCUT2D eigenvalue weighted by Crippen LogP contribution is -2.34. The topological polar surface area (TPSA) is 51.0 Å². The summed E-state index contributed by atoms with van der Waals surface area (Å²) in [6.45, 7) is 9.44. The van der Waals surface area contributed by atoms with Crippen LogP contribution in [0.15, 0.2) is 59.5 Å². The van der Waals surface area contributed by atoms with E-state index in [4.69, 9.17) is 4.98 Å². The van der Waals surface area contributed by atoms with Crippen LogP contribution in [0, 0.1) is 13.8 Å². The molecule has 0 saturated heterocycles. The summed E-state index contributed by atoms with van der Waals surface area (Å²) in [5, 5.41) is 5.73. The molecule has 0 saturated carbocycles. The lowest BCUT2D eigenvalue weighted by molar-refractivity contribution is 0.0985. The fourth-order valence-electron chi connectivity index (χ4n) is 3.49. The predicted molar refractivity (Wildman–Crippen MR) is 130 cm³/mol. The van der Waals surface area contributed by atoms with E-state index in [-0.39, 0.29) is 5.91 Å². The number of thiazole rings is 1. The second kappa shape index (κ2) is 9.24. The Morgan fingerprint density at radius 2 is 1.94 bits per heavy atom. The van der Waals surface area contributed by atoms with Gasteiger partial charge >= 0.3 is 0 Å². The van der Waals surface area contributed by atoms with Crippen molar-refractivity contribution in [3.05, 3.63) is 71.5 Å². The average Bonchev–Trinajstić information content (AvgIpc) is 3.30. The van der Waals surface area contributed by atoms with E-state index in [1.54, 1.807) is 28.0 Å². The number of aromatic nitrogens is 3. The summed E-state index contributed by atoms with van der Waals surface area (Å²) in [7, 11) is 0. The van der Waals surface area contributed by atoms with Gasteiger partial charge in [0.1, 0.15) is 0 Å². The lowest BCUT2D eigenvalue weighted by Gasteiger charge is -2.21. The van der Waals surface area contributed by atoms with E-state index in [1.165, 1.54) is 0 Å². The number of amides is 1. The minimum atomic E-state index is -0.0354. The molecule has 0 unspecified atom stereocenters. The SMILES string of the molecule is Cc1cc(C)n(CCN(C(=O)c2cccc(SC(C)C)c2)c2nc3ccccc3s2)n1. The lowest BCUT2D eigenvalue weighted by atomic mass is 10.2. The molecule has 4 rings (SSSR count). The molecule has 31 heavy (non-hydrogen) atoms. The summed E-state index contributed by atoms with van der Waals surface area (Å²) in [6, 6.07) is 17.9. The zero-order chi connectivity index (χ0) is 22.0. The number of fused-ring (bicyclic) bond motifs is 1. The van der Waals surface area contributed by atoms with Gasteiger partial charge in [-0.15, -0.1) is 11.8 Å². The van der Waals surface area contributed by atoms with Crippen LogP contribution >= 0.6 is 23.1 Å². The van der Waals surface area contributed by atoms with Crippen molar-refractivity contribution in [3.8, 4) is 0 Å². The summed E-state index contributed by atoms with van der Waals surface area (Å²) in [5.74, 6) is -0.0354. The Hall–Kier alpha value is -2.64. The Labute approximate surface area is 191 Å². The fourth-order valence-corrected chi connectivity index (χ4v) is 5.37. The normalized spacial score (nSPS) is 11.4. The van der Waals surface area contributed by atoms with Gasteiger partial charge in [-0.25, -0.2) is 4.98 Å². The molecule has 0 spiro atoms. The van der Waals surface area contributed by atoms with Crippen molar-refractivity contribution in [2.75, 3.05) is 11.4 Å². The first-order valence-electron chi connectivity index (χ1n) is 10.4. The van der Waals surface area contributed by atoms with Crippen LogP contribution in [-0.2, 0) is 6.54 Å². The molecular formula is C24H26N4OS2. The number of para-hydroxylation sites is 1. The smallest absolute Gasteiger partial charge is 0.260 e. The van der Waals surface area contributed by atoms with Crippen LogP contribution < -0.4 is 4.90 Å². The first-order valence-corrected chi connectivity index (χ1v) is 12.1. The largest absolute Gasteiger partial charge is 0.282 e. The molecule has 0 aliphatic heterocycles. The van der Waals surface area contributed by atoms with E-state index in [0.717, 1.165) is 31.6 Å². The van der Waals surface area contributed by atoms with Crippen molar-refractivity contribution in [1.82, 2.24) is 14.8 Å². The Bertz CT molecular complexity index is 1180. The van der Waals surface area contributed by atoms with Gasteiger partial charge in [0.15, 0.2) is 5.13 Å². The van der Waals surface area contributed by atoms with Crippen LogP contribution in [0.1, 0.15) is 35.6 Å². The Balaban J connectivity index is 1.67. The second-order valence-electron chi connectivity index (χ2n) is 7.77. The summed E-state index contributed by atoms with van der Waals surface area (Å²) in [6.07, 6.45) is 0. The summed E-state index contributed by atoms with van der Waals surface area (Å²) in [4.78, 5) is 21.3.